The smallest absolute Gasteiger partial charge is 0.335 e. The summed E-state index contributed by atoms with van der Waals surface area (Å²) in [7, 11) is 0. The first kappa shape index (κ1) is 35.9. The number of benzene rings is 2. The summed E-state index contributed by atoms with van der Waals surface area (Å²) in [5, 5.41) is 51.3. The van der Waals surface area contributed by atoms with Crippen LogP contribution in [0.25, 0.3) is 0 Å². The summed E-state index contributed by atoms with van der Waals surface area (Å²) >= 11 is 0. The van der Waals surface area contributed by atoms with Gasteiger partial charge in [-0.1, -0.05) is 70.0 Å². The first-order valence-electron chi connectivity index (χ1n) is 12.2. The van der Waals surface area contributed by atoms with Crippen LogP contribution in [-0.2, 0) is 4.79 Å². The maximum Gasteiger partial charge on any atom is 0.335 e. The molecule has 0 saturated heterocycles. The van der Waals surface area contributed by atoms with Gasteiger partial charge in [-0.15, -0.1) is 0 Å². The zero-order valence-electron chi connectivity index (χ0n) is 21.9. The Morgan fingerprint density at radius 1 is 0.703 bits per heavy atom. The topological polar surface area (TPSA) is 173 Å². The van der Waals surface area contributed by atoms with Crippen molar-refractivity contribution >= 4 is 17.9 Å². The van der Waals surface area contributed by atoms with Crippen LogP contribution in [0.3, 0.4) is 0 Å². The average Bonchev–Trinajstić information content (AvgIpc) is 2.93. The van der Waals surface area contributed by atoms with Gasteiger partial charge in [-0.3, -0.25) is 4.79 Å². The first-order valence-corrected chi connectivity index (χ1v) is 12.2. The van der Waals surface area contributed by atoms with E-state index >= 15 is 0 Å². The van der Waals surface area contributed by atoms with Gasteiger partial charge in [0.1, 0.15) is 0 Å². The van der Waals surface area contributed by atoms with Crippen molar-refractivity contribution in [1.29, 1.82) is 0 Å². The average molecular weight is 523 g/mol. The fourth-order valence-corrected chi connectivity index (χ4v) is 2.60. The molecule has 0 aliphatic rings. The second-order valence-electron chi connectivity index (χ2n) is 8.26. The number of rotatable bonds is 11. The normalized spacial score (nSPS) is 10.8. The van der Waals surface area contributed by atoms with E-state index in [-0.39, 0.29) is 25.7 Å². The molecule has 0 spiro atoms. The minimum Gasteiger partial charge on any atom is -0.481 e. The predicted octanol–water partition coefficient (Wildman–Crippen LogP) is 4.42. The van der Waals surface area contributed by atoms with Gasteiger partial charge in [-0.05, 0) is 43.5 Å². The van der Waals surface area contributed by atoms with Gasteiger partial charge in [0.15, 0.2) is 0 Å². The van der Waals surface area contributed by atoms with Gasteiger partial charge in [0, 0.05) is 5.41 Å². The van der Waals surface area contributed by atoms with Gasteiger partial charge in [0.25, 0.3) is 0 Å². The lowest BCUT2D eigenvalue weighted by Gasteiger charge is -2.24. The van der Waals surface area contributed by atoms with Crippen molar-refractivity contribution in [3.05, 3.63) is 71.8 Å². The molecule has 0 aliphatic carbocycles. The molecule has 0 aromatic heterocycles. The highest BCUT2D eigenvalue weighted by Crippen LogP contribution is 2.18. The van der Waals surface area contributed by atoms with Crippen molar-refractivity contribution < 1.29 is 45.0 Å². The Balaban J connectivity index is 0. The minimum absolute atomic E-state index is 0.111. The van der Waals surface area contributed by atoms with Crippen LogP contribution >= 0.6 is 0 Å². The molecule has 9 nitrogen and oxygen atoms in total. The molecule has 0 fully saturated rings. The molecule has 6 N–H and O–H groups in total. The Bertz CT molecular complexity index is 783. The van der Waals surface area contributed by atoms with Gasteiger partial charge in [-0.25, -0.2) is 9.59 Å². The molecule has 0 radical (unpaired) electrons. The predicted molar refractivity (Wildman–Crippen MR) is 142 cm³/mol. The van der Waals surface area contributed by atoms with Crippen molar-refractivity contribution in [3.8, 4) is 0 Å². The third-order valence-electron chi connectivity index (χ3n) is 5.55. The van der Waals surface area contributed by atoms with Crippen LogP contribution < -0.4 is 0 Å². The summed E-state index contributed by atoms with van der Waals surface area (Å²) in [6.07, 6.45) is 4.31. The minimum atomic E-state index is -0.879. The third kappa shape index (κ3) is 16.9. The number of hydrogen-bond donors (Lipinski definition) is 6. The Morgan fingerprint density at radius 2 is 1.08 bits per heavy atom. The molecule has 0 heterocycles. The van der Waals surface area contributed by atoms with E-state index in [4.69, 9.17) is 30.6 Å². The Kier molecular flexibility index (Phi) is 21.3. The van der Waals surface area contributed by atoms with Crippen LogP contribution in [-0.4, -0.2) is 68.4 Å². The Labute approximate surface area is 219 Å². The van der Waals surface area contributed by atoms with E-state index in [0.717, 1.165) is 25.7 Å². The summed E-state index contributed by atoms with van der Waals surface area (Å²) in [6.45, 7) is 5.36. The standard InChI is InChI=1S/C8H16O2.2C7H6O2.C6H14O3/c1-3-5-6-7(4-2)8(9)10;2*8-7(9)6-4-2-1-3-5-6;1-2-6(3-7,4-8)5-9/h7H,3-6H2,1-2H3,(H,9,10);2*1-5H,(H,8,9);7-9H,2-5H2,1H3. The number of carboxylic acid groups (broad SMARTS) is 3. The fraction of sp³-hybridized carbons (Fsp3) is 0.464. The van der Waals surface area contributed by atoms with Crippen molar-refractivity contribution in [3.63, 3.8) is 0 Å². The summed E-state index contributed by atoms with van der Waals surface area (Å²) in [5.41, 5.74) is -0.00463. The van der Waals surface area contributed by atoms with Crippen molar-refractivity contribution in [2.75, 3.05) is 19.8 Å². The quantitative estimate of drug-likeness (QED) is 0.250. The molecule has 1 unspecified atom stereocenters. The molecular formula is C28H42O9. The molecule has 208 valence electrons. The number of aliphatic carboxylic acids is 1. The van der Waals surface area contributed by atoms with Crippen LogP contribution in [0.4, 0.5) is 0 Å². The van der Waals surface area contributed by atoms with E-state index in [9.17, 15) is 14.4 Å². The SMILES string of the molecule is CCC(CO)(CO)CO.CCCCC(CC)C(=O)O.O=C(O)c1ccccc1.O=C(O)c1ccccc1. The number of aliphatic hydroxyl groups excluding tert-OH is 3. The molecular weight excluding hydrogens is 480 g/mol. The van der Waals surface area contributed by atoms with E-state index in [1.54, 1.807) is 60.7 Å². The number of carboxylic acids is 3. The Morgan fingerprint density at radius 3 is 1.24 bits per heavy atom. The third-order valence-corrected chi connectivity index (χ3v) is 5.55. The number of aromatic carboxylic acids is 2. The lowest BCUT2D eigenvalue weighted by atomic mass is 9.88. The second kappa shape index (κ2) is 22.0. The lowest BCUT2D eigenvalue weighted by molar-refractivity contribution is -0.142. The molecule has 0 amide bonds. The number of aliphatic hydroxyl groups is 3. The molecule has 0 aliphatic heterocycles. The molecule has 37 heavy (non-hydrogen) atoms. The number of unbranched alkanes of at least 4 members (excludes halogenated alkanes) is 1. The van der Waals surface area contributed by atoms with Crippen LogP contribution in [0.5, 0.6) is 0 Å². The summed E-state index contributed by atoms with van der Waals surface area (Å²) in [5.74, 6) is -2.51. The van der Waals surface area contributed by atoms with E-state index in [1.165, 1.54) is 0 Å². The summed E-state index contributed by atoms with van der Waals surface area (Å²) in [6, 6.07) is 16.6. The molecule has 0 saturated carbocycles. The van der Waals surface area contributed by atoms with Crippen LogP contribution in [0, 0.1) is 11.3 Å². The zero-order chi connectivity index (χ0) is 28.7. The maximum atomic E-state index is 10.4. The number of carbonyl (C=O) groups is 3. The zero-order valence-corrected chi connectivity index (χ0v) is 21.9. The van der Waals surface area contributed by atoms with E-state index in [2.05, 4.69) is 6.92 Å². The maximum absolute atomic E-state index is 10.4. The van der Waals surface area contributed by atoms with Gasteiger partial charge >= 0.3 is 17.9 Å². The van der Waals surface area contributed by atoms with Gasteiger partial charge in [-0.2, -0.15) is 0 Å². The second-order valence-corrected chi connectivity index (χ2v) is 8.26. The van der Waals surface area contributed by atoms with E-state index in [0.29, 0.717) is 17.5 Å². The molecule has 2 aromatic rings. The molecule has 0 bridgehead atoms. The summed E-state index contributed by atoms with van der Waals surface area (Å²) in [4.78, 5) is 30.8. The van der Waals surface area contributed by atoms with Gasteiger partial charge < -0.3 is 30.6 Å². The highest BCUT2D eigenvalue weighted by molar-refractivity contribution is 5.87. The largest absolute Gasteiger partial charge is 0.481 e. The van der Waals surface area contributed by atoms with E-state index < -0.39 is 23.3 Å². The summed E-state index contributed by atoms with van der Waals surface area (Å²) < 4.78 is 0. The van der Waals surface area contributed by atoms with E-state index in [1.807, 2.05) is 13.8 Å². The molecule has 1 atom stereocenters. The molecule has 2 aromatic carbocycles. The highest BCUT2D eigenvalue weighted by atomic mass is 16.4. The van der Waals surface area contributed by atoms with Crippen LogP contribution in [0.1, 0.15) is 73.6 Å². The van der Waals surface area contributed by atoms with Crippen molar-refractivity contribution in [2.24, 2.45) is 11.3 Å². The molecule has 2 rings (SSSR count). The first-order chi connectivity index (χ1) is 17.6. The van der Waals surface area contributed by atoms with Crippen LogP contribution in [0.2, 0.25) is 0 Å². The monoisotopic (exact) mass is 522 g/mol. The highest BCUT2D eigenvalue weighted by Gasteiger charge is 2.24. The van der Waals surface area contributed by atoms with Gasteiger partial charge in [0.2, 0.25) is 0 Å². The van der Waals surface area contributed by atoms with Crippen molar-refractivity contribution in [1.82, 2.24) is 0 Å². The van der Waals surface area contributed by atoms with Crippen molar-refractivity contribution in [2.45, 2.75) is 52.9 Å². The Hall–Kier alpha value is -3.27. The number of hydrogen-bond acceptors (Lipinski definition) is 6. The van der Waals surface area contributed by atoms with Crippen LogP contribution in [0.15, 0.2) is 60.7 Å². The molecule has 9 heteroatoms. The van der Waals surface area contributed by atoms with Gasteiger partial charge in [0.05, 0.1) is 36.9 Å². The lowest BCUT2D eigenvalue weighted by Crippen LogP contribution is -2.32. The fourth-order valence-electron chi connectivity index (χ4n) is 2.60.